The van der Waals surface area contributed by atoms with Gasteiger partial charge in [-0.3, -0.25) is 4.99 Å². The Bertz CT molecular complexity index is 256. The molecule has 2 fully saturated rings. The summed E-state index contributed by atoms with van der Waals surface area (Å²) < 4.78 is 0. The molecule has 2 aliphatic rings. The quantitative estimate of drug-likeness (QED) is 0.342. The molecule has 3 nitrogen and oxygen atoms in total. The lowest BCUT2D eigenvalue weighted by Crippen LogP contribution is -2.40. The molecule has 1 saturated carbocycles. The molecule has 1 heterocycles. The van der Waals surface area contributed by atoms with Gasteiger partial charge in [0, 0.05) is 19.6 Å². The highest BCUT2D eigenvalue weighted by molar-refractivity contribution is 14.0. The molecular formula is C15H30IN3. The van der Waals surface area contributed by atoms with E-state index in [1.807, 2.05) is 0 Å². The highest BCUT2D eigenvalue weighted by atomic mass is 127. The minimum Gasteiger partial charge on any atom is -0.370 e. The van der Waals surface area contributed by atoms with Crippen LogP contribution < -0.4 is 5.73 Å². The first kappa shape index (κ1) is 17.1. The zero-order valence-electron chi connectivity index (χ0n) is 12.1. The van der Waals surface area contributed by atoms with Crippen LogP contribution in [0.2, 0.25) is 0 Å². The van der Waals surface area contributed by atoms with Gasteiger partial charge in [0.05, 0.1) is 0 Å². The number of nitrogens with two attached hydrogens (primary N) is 1. The fourth-order valence-corrected chi connectivity index (χ4v) is 3.26. The fourth-order valence-electron chi connectivity index (χ4n) is 3.26. The minimum absolute atomic E-state index is 0. The molecular weight excluding hydrogens is 349 g/mol. The zero-order chi connectivity index (χ0) is 12.6. The third-order valence-electron chi connectivity index (χ3n) is 4.45. The predicted octanol–water partition coefficient (Wildman–Crippen LogP) is 3.77. The van der Waals surface area contributed by atoms with Crippen LogP contribution in [0.5, 0.6) is 0 Å². The Morgan fingerprint density at radius 2 is 1.68 bits per heavy atom. The van der Waals surface area contributed by atoms with E-state index in [2.05, 4.69) is 9.89 Å². The largest absolute Gasteiger partial charge is 0.370 e. The average molecular weight is 379 g/mol. The molecule has 0 aromatic heterocycles. The van der Waals surface area contributed by atoms with E-state index in [0.717, 1.165) is 31.5 Å². The molecule has 112 valence electrons. The van der Waals surface area contributed by atoms with E-state index in [-0.39, 0.29) is 24.0 Å². The van der Waals surface area contributed by atoms with Gasteiger partial charge in [-0.05, 0) is 31.6 Å². The minimum atomic E-state index is 0. The molecule has 2 rings (SSSR count). The third-order valence-corrected chi connectivity index (χ3v) is 4.45. The molecule has 0 amide bonds. The maximum atomic E-state index is 6.03. The summed E-state index contributed by atoms with van der Waals surface area (Å²) in [6.45, 7) is 3.14. The number of hydrogen-bond acceptors (Lipinski definition) is 1. The van der Waals surface area contributed by atoms with Crippen molar-refractivity contribution in [1.82, 2.24) is 4.90 Å². The second kappa shape index (κ2) is 9.83. The number of guanidine groups is 1. The number of nitrogens with zero attached hydrogens (tertiary/aromatic N) is 2. The Morgan fingerprint density at radius 1 is 1.00 bits per heavy atom. The Labute approximate surface area is 135 Å². The SMILES string of the molecule is I.NC(=NCCCCC1CCCC1)N1CCCCC1. The first-order valence-electron chi connectivity index (χ1n) is 7.91. The molecule has 0 spiro atoms. The van der Waals surface area contributed by atoms with Gasteiger partial charge < -0.3 is 10.6 Å². The van der Waals surface area contributed by atoms with Crippen molar-refractivity contribution in [3.8, 4) is 0 Å². The van der Waals surface area contributed by atoms with Crippen LogP contribution >= 0.6 is 24.0 Å². The van der Waals surface area contributed by atoms with Crippen LogP contribution in [-0.2, 0) is 0 Å². The van der Waals surface area contributed by atoms with Crippen LogP contribution in [0, 0.1) is 5.92 Å². The molecule has 4 heteroatoms. The summed E-state index contributed by atoms with van der Waals surface area (Å²) in [6.07, 6.45) is 13.7. The number of hydrogen-bond donors (Lipinski definition) is 1. The van der Waals surface area contributed by atoms with E-state index in [9.17, 15) is 0 Å². The zero-order valence-corrected chi connectivity index (χ0v) is 14.5. The van der Waals surface area contributed by atoms with E-state index in [4.69, 9.17) is 5.73 Å². The van der Waals surface area contributed by atoms with Gasteiger partial charge in [0.1, 0.15) is 0 Å². The van der Waals surface area contributed by atoms with Crippen LogP contribution in [0.15, 0.2) is 4.99 Å². The monoisotopic (exact) mass is 379 g/mol. The van der Waals surface area contributed by atoms with Gasteiger partial charge in [-0.15, -0.1) is 24.0 Å². The Morgan fingerprint density at radius 3 is 2.37 bits per heavy atom. The van der Waals surface area contributed by atoms with Crippen molar-refractivity contribution in [3.05, 3.63) is 0 Å². The van der Waals surface area contributed by atoms with Gasteiger partial charge in [0.25, 0.3) is 0 Å². The Hall–Kier alpha value is 0. The standard InChI is InChI=1S/C15H29N3.HI/c16-15(18-12-6-1-7-13-18)17-11-5-4-10-14-8-2-3-9-14;/h14H,1-13H2,(H2,16,17);1H. The molecule has 19 heavy (non-hydrogen) atoms. The number of piperidine rings is 1. The summed E-state index contributed by atoms with van der Waals surface area (Å²) in [5.74, 6) is 1.81. The first-order chi connectivity index (χ1) is 8.86. The van der Waals surface area contributed by atoms with Gasteiger partial charge in [-0.1, -0.05) is 38.5 Å². The molecule has 0 unspecified atom stereocenters. The molecule has 0 aromatic carbocycles. The van der Waals surface area contributed by atoms with Crippen LogP contribution in [0.3, 0.4) is 0 Å². The third kappa shape index (κ3) is 6.32. The van der Waals surface area contributed by atoms with Gasteiger partial charge in [-0.25, -0.2) is 0 Å². The van der Waals surface area contributed by atoms with Gasteiger partial charge in [-0.2, -0.15) is 0 Å². The van der Waals surface area contributed by atoms with Crippen molar-refractivity contribution in [1.29, 1.82) is 0 Å². The predicted molar refractivity (Wildman–Crippen MR) is 93.1 cm³/mol. The maximum absolute atomic E-state index is 6.03. The van der Waals surface area contributed by atoms with Crippen molar-refractivity contribution in [2.24, 2.45) is 16.6 Å². The maximum Gasteiger partial charge on any atom is 0.191 e. The topological polar surface area (TPSA) is 41.6 Å². The van der Waals surface area contributed by atoms with Gasteiger partial charge in [0.2, 0.25) is 0 Å². The van der Waals surface area contributed by atoms with E-state index in [1.54, 1.807) is 0 Å². The van der Waals surface area contributed by atoms with E-state index in [1.165, 1.54) is 64.2 Å². The highest BCUT2D eigenvalue weighted by Gasteiger charge is 2.14. The molecule has 0 radical (unpaired) electrons. The lowest BCUT2D eigenvalue weighted by Gasteiger charge is -2.27. The van der Waals surface area contributed by atoms with Crippen LogP contribution in [0.4, 0.5) is 0 Å². The number of likely N-dealkylation sites (tertiary alicyclic amines) is 1. The Kier molecular flexibility index (Phi) is 8.83. The number of halogens is 1. The fraction of sp³-hybridized carbons (Fsp3) is 0.933. The smallest absolute Gasteiger partial charge is 0.191 e. The van der Waals surface area contributed by atoms with Gasteiger partial charge in [0.15, 0.2) is 5.96 Å². The summed E-state index contributed by atoms with van der Waals surface area (Å²) in [5, 5.41) is 0. The van der Waals surface area contributed by atoms with Crippen molar-refractivity contribution in [2.45, 2.75) is 64.2 Å². The lowest BCUT2D eigenvalue weighted by atomic mass is 10.0. The number of unbranched alkanes of at least 4 members (excludes halogenated alkanes) is 1. The second-order valence-corrected chi connectivity index (χ2v) is 5.93. The summed E-state index contributed by atoms with van der Waals surface area (Å²) in [5.41, 5.74) is 6.03. The van der Waals surface area contributed by atoms with Gasteiger partial charge >= 0.3 is 0 Å². The highest BCUT2D eigenvalue weighted by Crippen LogP contribution is 2.28. The van der Waals surface area contributed by atoms with Crippen LogP contribution in [0.25, 0.3) is 0 Å². The summed E-state index contributed by atoms with van der Waals surface area (Å²) in [7, 11) is 0. The number of rotatable bonds is 5. The number of aliphatic imine (C=N–C) groups is 1. The van der Waals surface area contributed by atoms with E-state index >= 15 is 0 Å². The van der Waals surface area contributed by atoms with Crippen molar-refractivity contribution >= 4 is 29.9 Å². The van der Waals surface area contributed by atoms with Crippen molar-refractivity contribution < 1.29 is 0 Å². The van der Waals surface area contributed by atoms with Crippen LogP contribution in [0.1, 0.15) is 64.2 Å². The van der Waals surface area contributed by atoms with Crippen molar-refractivity contribution in [2.75, 3.05) is 19.6 Å². The molecule has 1 saturated heterocycles. The first-order valence-corrected chi connectivity index (χ1v) is 7.91. The molecule has 1 aliphatic carbocycles. The molecule has 0 aromatic rings. The van der Waals surface area contributed by atoms with E-state index in [0.29, 0.717) is 0 Å². The second-order valence-electron chi connectivity index (χ2n) is 5.93. The van der Waals surface area contributed by atoms with Crippen molar-refractivity contribution in [3.63, 3.8) is 0 Å². The molecule has 0 atom stereocenters. The summed E-state index contributed by atoms with van der Waals surface area (Å²) in [4.78, 5) is 6.78. The summed E-state index contributed by atoms with van der Waals surface area (Å²) in [6, 6.07) is 0. The van der Waals surface area contributed by atoms with E-state index < -0.39 is 0 Å². The average Bonchev–Trinajstić information content (AvgIpc) is 2.92. The molecule has 2 N–H and O–H groups in total. The molecule has 0 bridgehead atoms. The summed E-state index contributed by atoms with van der Waals surface area (Å²) >= 11 is 0. The normalized spacial score (nSPS) is 21.5. The lowest BCUT2D eigenvalue weighted by molar-refractivity contribution is 0.338. The van der Waals surface area contributed by atoms with Crippen LogP contribution in [-0.4, -0.2) is 30.5 Å². The Balaban J connectivity index is 0.00000180. The molecule has 1 aliphatic heterocycles.